The van der Waals surface area contributed by atoms with E-state index in [4.69, 9.17) is 0 Å². The molecule has 1 aromatic carbocycles. The molecule has 2 amide bonds. The molecule has 1 saturated heterocycles. The van der Waals surface area contributed by atoms with E-state index < -0.39 is 28.2 Å². The maximum Gasteiger partial charge on any atom is 0.322 e. The number of carbonyl (C=O) groups is 3. The fourth-order valence-electron chi connectivity index (χ4n) is 2.90. The fraction of sp³-hybridized carbons (Fsp3) is 0.500. The average molecular weight is 379 g/mol. The summed E-state index contributed by atoms with van der Waals surface area (Å²) >= 11 is 1.35. The number of thioether (sulfide) groups is 1. The lowest BCUT2D eigenvalue weighted by Crippen LogP contribution is -2.57. The van der Waals surface area contributed by atoms with Crippen molar-refractivity contribution < 1.29 is 19.5 Å². The molecule has 0 unspecified atom stereocenters. The summed E-state index contributed by atoms with van der Waals surface area (Å²) in [5.41, 5.74) is 0.843. The highest BCUT2D eigenvalue weighted by Gasteiger charge is 2.49. The van der Waals surface area contributed by atoms with Gasteiger partial charge in [-0.25, -0.2) is 0 Å². The molecule has 4 N–H and O–H groups in total. The van der Waals surface area contributed by atoms with E-state index >= 15 is 0 Å². The number of carbonyl (C=O) groups excluding carboxylic acids is 2. The molecule has 1 aliphatic heterocycles. The molecule has 0 radical (unpaired) electrons. The number of carboxylic acids is 1. The molecule has 0 saturated carbocycles. The van der Waals surface area contributed by atoms with Crippen LogP contribution in [0.2, 0.25) is 0 Å². The highest BCUT2D eigenvalue weighted by atomic mass is 32.2. The monoisotopic (exact) mass is 379 g/mol. The number of amides is 2. The van der Waals surface area contributed by atoms with Crippen molar-refractivity contribution in [2.45, 2.75) is 49.4 Å². The van der Waals surface area contributed by atoms with Crippen LogP contribution in [0.25, 0.3) is 0 Å². The summed E-state index contributed by atoms with van der Waals surface area (Å²) in [5.74, 6) is -1.59. The second-order valence-electron chi connectivity index (χ2n) is 6.68. The smallest absolute Gasteiger partial charge is 0.322 e. The predicted molar refractivity (Wildman–Crippen MR) is 101 cm³/mol. The summed E-state index contributed by atoms with van der Waals surface area (Å²) in [4.78, 5) is 36.4. The van der Waals surface area contributed by atoms with Crippen LogP contribution in [-0.2, 0) is 20.8 Å². The molecular weight excluding hydrogens is 354 g/mol. The molecule has 2 rings (SSSR count). The Morgan fingerprint density at radius 1 is 1.27 bits per heavy atom. The molecule has 3 atom stereocenters. The van der Waals surface area contributed by atoms with Gasteiger partial charge in [0.05, 0.1) is 11.8 Å². The summed E-state index contributed by atoms with van der Waals surface area (Å²) in [6, 6.07) is 7.57. The molecular formula is C18H25N3O4S. The Hall–Kier alpha value is -2.06. The molecule has 0 bridgehead atoms. The lowest BCUT2D eigenvalue weighted by Gasteiger charge is -2.24. The van der Waals surface area contributed by atoms with Gasteiger partial charge in [-0.05, 0) is 26.3 Å². The third kappa shape index (κ3) is 4.98. The van der Waals surface area contributed by atoms with Crippen LogP contribution in [0, 0.1) is 0 Å². The van der Waals surface area contributed by atoms with Gasteiger partial charge in [0.2, 0.25) is 11.8 Å². The minimum atomic E-state index is -0.977. The summed E-state index contributed by atoms with van der Waals surface area (Å²) in [7, 11) is 0. The van der Waals surface area contributed by atoms with E-state index in [1.807, 2.05) is 44.2 Å². The molecule has 0 aromatic heterocycles. The first-order valence-corrected chi connectivity index (χ1v) is 9.40. The van der Waals surface area contributed by atoms with Crippen LogP contribution in [0.1, 0.15) is 26.3 Å². The first kappa shape index (κ1) is 20.3. The largest absolute Gasteiger partial charge is 0.480 e. The van der Waals surface area contributed by atoms with Crippen LogP contribution in [0.15, 0.2) is 30.3 Å². The molecule has 1 aromatic rings. The van der Waals surface area contributed by atoms with Crippen LogP contribution >= 0.6 is 11.8 Å². The van der Waals surface area contributed by atoms with Gasteiger partial charge in [0.1, 0.15) is 12.1 Å². The quantitative estimate of drug-likeness (QED) is 0.557. The summed E-state index contributed by atoms with van der Waals surface area (Å²) < 4.78 is -0.606. The van der Waals surface area contributed by atoms with Gasteiger partial charge >= 0.3 is 5.97 Å². The van der Waals surface area contributed by atoms with E-state index in [0.717, 1.165) is 5.56 Å². The average Bonchev–Trinajstić information content (AvgIpc) is 2.89. The zero-order valence-corrected chi connectivity index (χ0v) is 15.9. The topological polar surface area (TPSA) is 108 Å². The number of rotatable bonds is 7. The lowest BCUT2D eigenvalue weighted by molar-refractivity contribution is -0.140. The predicted octanol–water partition coefficient (Wildman–Crippen LogP) is 0.744. The molecule has 1 heterocycles. The van der Waals surface area contributed by atoms with Gasteiger partial charge in [-0.1, -0.05) is 30.3 Å². The molecule has 8 heteroatoms. The normalized spacial score (nSPS) is 22.4. The van der Waals surface area contributed by atoms with E-state index in [9.17, 15) is 19.5 Å². The van der Waals surface area contributed by atoms with Gasteiger partial charge in [0.25, 0.3) is 0 Å². The number of likely N-dealkylation sites (N-methyl/N-ethyl adjacent to an activating group) is 1. The zero-order chi connectivity index (χ0) is 19.3. The van der Waals surface area contributed by atoms with Gasteiger partial charge < -0.3 is 15.7 Å². The first-order valence-electron chi connectivity index (χ1n) is 8.52. The highest BCUT2D eigenvalue weighted by molar-refractivity contribution is 8.01. The van der Waals surface area contributed by atoms with Crippen molar-refractivity contribution in [3.63, 3.8) is 0 Å². The Kier molecular flexibility index (Phi) is 6.66. The third-order valence-corrected chi connectivity index (χ3v) is 5.67. The van der Waals surface area contributed by atoms with E-state index in [2.05, 4.69) is 16.0 Å². The van der Waals surface area contributed by atoms with Crippen LogP contribution in [0.3, 0.4) is 0 Å². The fourth-order valence-corrected chi connectivity index (χ4v) is 4.39. The van der Waals surface area contributed by atoms with Crippen LogP contribution in [0.4, 0.5) is 0 Å². The van der Waals surface area contributed by atoms with Crippen LogP contribution < -0.4 is 16.0 Å². The van der Waals surface area contributed by atoms with Crippen molar-refractivity contribution in [2.75, 3.05) is 6.54 Å². The number of carboxylic acid groups (broad SMARTS) is 1. The van der Waals surface area contributed by atoms with Crippen molar-refractivity contribution in [3.05, 3.63) is 35.9 Å². The second kappa shape index (κ2) is 8.55. The lowest BCUT2D eigenvalue weighted by atomic mass is 10.0. The number of hydrogen-bond donors (Lipinski definition) is 4. The van der Waals surface area contributed by atoms with E-state index in [1.165, 1.54) is 11.8 Å². The summed E-state index contributed by atoms with van der Waals surface area (Å²) in [6.45, 7) is 5.83. The van der Waals surface area contributed by atoms with Crippen molar-refractivity contribution in [1.82, 2.24) is 16.0 Å². The van der Waals surface area contributed by atoms with Gasteiger partial charge in [-0.3, -0.25) is 19.7 Å². The zero-order valence-electron chi connectivity index (χ0n) is 15.1. The van der Waals surface area contributed by atoms with Crippen molar-refractivity contribution in [1.29, 1.82) is 0 Å². The first-order chi connectivity index (χ1) is 12.2. The van der Waals surface area contributed by atoms with E-state index in [0.29, 0.717) is 6.54 Å². The Bertz CT molecular complexity index is 666. The standard InChI is InChI=1S/C18H25N3O4S/c1-4-19-15(23)13(16-21-14(17(24)25)18(2,3)26-16)20-12(22)10-11-8-6-5-7-9-11/h5-9,13-14,16,21H,4,10H2,1-3H3,(H,19,23)(H,20,22)(H,24,25)/t13-,14-,16+/m0/s1. The third-order valence-electron chi connectivity index (χ3n) is 4.16. The van der Waals surface area contributed by atoms with Gasteiger partial charge in [-0.15, -0.1) is 11.8 Å². The maximum atomic E-state index is 12.5. The maximum absolute atomic E-state index is 12.5. The molecule has 0 aliphatic carbocycles. The van der Waals surface area contributed by atoms with Crippen LogP contribution in [0.5, 0.6) is 0 Å². The van der Waals surface area contributed by atoms with Gasteiger partial charge in [0, 0.05) is 11.3 Å². The number of hydrogen-bond acceptors (Lipinski definition) is 5. The van der Waals surface area contributed by atoms with Gasteiger partial charge in [0.15, 0.2) is 0 Å². The second-order valence-corrected chi connectivity index (χ2v) is 8.48. The molecule has 26 heavy (non-hydrogen) atoms. The Labute approximate surface area is 157 Å². The van der Waals surface area contributed by atoms with Crippen molar-refractivity contribution in [2.24, 2.45) is 0 Å². The molecule has 1 aliphatic rings. The minimum absolute atomic E-state index is 0.153. The number of nitrogens with one attached hydrogen (secondary N) is 3. The molecule has 7 nitrogen and oxygen atoms in total. The van der Waals surface area contributed by atoms with E-state index in [1.54, 1.807) is 6.92 Å². The minimum Gasteiger partial charge on any atom is -0.480 e. The Morgan fingerprint density at radius 2 is 1.92 bits per heavy atom. The van der Waals surface area contributed by atoms with Crippen molar-refractivity contribution >= 4 is 29.5 Å². The van der Waals surface area contributed by atoms with Crippen molar-refractivity contribution in [3.8, 4) is 0 Å². The molecule has 142 valence electrons. The molecule has 1 fully saturated rings. The number of benzene rings is 1. The van der Waals surface area contributed by atoms with E-state index in [-0.39, 0.29) is 18.2 Å². The Morgan fingerprint density at radius 3 is 2.46 bits per heavy atom. The van der Waals surface area contributed by atoms with Gasteiger partial charge in [-0.2, -0.15) is 0 Å². The SMILES string of the molecule is CCNC(=O)[C@H](NC(=O)Cc1ccccc1)[C@@H]1N[C@@H](C(=O)O)C(C)(C)S1. The summed E-state index contributed by atoms with van der Waals surface area (Å²) in [5, 5.41) is 17.3. The summed E-state index contributed by atoms with van der Waals surface area (Å²) in [6.07, 6.45) is 0.153. The molecule has 0 spiro atoms. The Balaban J connectivity index is 2.12. The number of aliphatic carboxylic acids is 1. The van der Waals surface area contributed by atoms with Crippen LogP contribution in [-0.4, -0.2) is 51.6 Å². The highest BCUT2D eigenvalue weighted by Crippen LogP contribution is 2.39.